The zero-order valence-corrected chi connectivity index (χ0v) is 18.3. The first kappa shape index (κ1) is 18.8. The van der Waals surface area contributed by atoms with Crippen molar-refractivity contribution >= 4 is 23.3 Å². The van der Waals surface area contributed by atoms with Crippen molar-refractivity contribution in [1.82, 2.24) is 0 Å². The van der Waals surface area contributed by atoms with E-state index in [1.807, 2.05) is 0 Å². The Morgan fingerprint density at radius 3 is 1.30 bits per heavy atom. The molecule has 158 valence electrons. The molecule has 1 fully saturated rings. The molecular weight excluding hydrogens is 400 g/mol. The minimum atomic E-state index is 0.0742. The van der Waals surface area contributed by atoms with Crippen LogP contribution in [0.3, 0.4) is 0 Å². The lowest BCUT2D eigenvalue weighted by Crippen LogP contribution is -2.12. The molecule has 0 amide bonds. The van der Waals surface area contributed by atoms with E-state index in [0.717, 1.165) is 0 Å². The molecule has 1 aliphatic heterocycles. The zero-order valence-electron chi connectivity index (χ0n) is 18.3. The van der Waals surface area contributed by atoms with Gasteiger partial charge in [-0.2, -0.15) is 0 Å². The molecule has 7 rings (SSSR count). The van der Waals surface area contributed by atoms with E-state index in [1.165, 1.54) is 44.5 Å². The zero-order chi connectivity index (χ0) is 21.8. The maximum absolute atomic E-state index is 7.01. The van der Waals surface area contributed by atoms with Crippen LogP contribution < -0.4 is 0 Å². The van der Waals surface area contributed by atoms with E-state index in [1.54, 1.807) is 0 Å². The van der Waals surface area contributed by atoms with Crippen LogP contribution in [-0.2, 0) is 4.74 Å². The van der Waals surface area contributed by atoms with E-state index < -0.39 is 0 Å². The molecule has 0 radical (unpaired) electrons. The molecule has 0 saturated carbocycles. The third kappa shape index (κ3) is 2.90. The van der Waals surface area contributed by atoms with Gasteiger partial charge in [-0.3, -0.25) is 0 Å². The van der Waals surface area contributed by atoms with Crippen molar-refractivity contribution in [3.05, 3.63) is 143 Å². The largest absolute Gasteiger partial charge is 0.364 e. The van der Waals surface area contributed by atoms with E-state index >= 15 is 0 Å². The predicted molar refractivity (Wildman–Crippen MR) is 136 cm³/mol. The van der Waals surface area contributed by atoms with Gasteiger partial charge in [-0.1, -0.05) is 109 Å². The number of ether oxygens (including phenoxy) is 1. The van der Waals surface area contributed by atoms with E-state index in [9.17, 15) is 0 Å². The van der Waals surface area contributed by atoms with Crippen LogP contribution in [0.5, 0.6) is 0 Å². The van der Waals surface area contributed by atoms with Gasteiger partial charge in [0.1, 0.15) is 0 Å². The molecule has 0 spiro atoms. The first-order valence-corrected chi connectivity index (χ1v) is 11.8. The standard InChI is InChI=1S/C32H24O/c1-3-11-21(12-4-1)19-27-23-15-7-9-17-25(23)29-30-26-18-10-8-16-24(26)28(32(30)33-31(27)29)20-22-13-5-2-6-14-22/h1-20,29-32H/b27-19-,28-20+/t29-,30-,31+,32+/m0/s1. The van der Waals surface area contributed by atoms with Crippen molar-refractivity contribution in [2.24, 2.45) is 0 Å². The molecule has 4 atom stereocenters. The fraction of sp³-hybridized carbons (Fsp3) is 0.125. The van der Waals surface area contributed by atoms with Crippen LogP contribution in [-0.4, -0.2) is 12.2 Å². The maximum Gasteiger partial charge on any atom is 0.0915 e. The van der Waals surface area contributed by atoms with Gasteiger partial charge in [0, 0.05) is 11.8 Å². The quantitative estimate of drug-likeness (QED) is 0.325. The predicted octanol–water partition coefficient (Wildman–Crippen LogP) is 7.43. The second-order valence-corrected chi connectivity index (χ2v) is 9.22. The molecule has 4 aromatic rings. The minimum Gasteiger partial charge on any atom is -0.364 e. The van der Waals surface area contributed by atoms with Gasteiger partial charge < -0.3 is 4.74 Å². The minimum absolute atomic E-state index is 0.0742. The lowest BCUT2D eigenvalue weighted by Gasteiger charge is -2.17. The van der Waals surface area contributed by atoms with Crippen molar-refractivity contribution in [3.63, 3.8) is 0 Å². The van der Waals surface area contributed by atoms with Crippen molar-refractivity contribution in [3.8, 4) is 0 Å². The summed E-state index contributed by atoms with van der Waals surface area (Å²) in [6, 6.07) is 39.1. The van der Waals surface area contributed by atoms with Crippen LogP contribution in [0, 0.1) is 0 Å². The molecule has 1 heteroatoms. The molecule has 0 aromatic heterocycles. The lowest BCUT2D eigenvalue weighted by atomic mass is 9.83. The van der Waals surface area contributed by atoms with Crippen molar-refractivity contribution in [2.45, 2.75) is 24.0 Å². The molecule has 1 saturated heterocycles. The Morgan fingerprint density at radius 2 is 0.848 bits per heavy atom. The number of fused-ring (bicyclic) bond motifs is 7. The van der Waals surface area contributed by atoms with E-state index in [-0.39, 0.29) is 12.2 Å². The van der Waals surface area contributed by atoms with Gasteiger partial charge in [0.15, 0.2) is 0 Å². The van der Waals surface area contributed by atoms with Crippen molar-refractivity contribution in [1.29, 1.82) is 0 Å². The smallest absolute Gasteiger partial charge is 0.0915 e. The van der Waals surface area contributed by atoms with Gasteiger partial charge in [0.2, 0.25) is 0 Å². The molecule has 4 aromatic carbocycles. The maximum atomic E-state index is 7.01. The van der Waals surface area contributed by atoms with Crippen LogP contribution in [0.2, 0.25) is 0 Å². The first-order valence-electron chi connectivity index (χ1n) is 11.8. The van der Waals surface area contributed by atoms with Gasteiger partial charge in [0.05, 0.1) is 12.2 Å². The van der Waals surface area contributed by atoms with Crippen molar-refractivity contribution in [2.75, 3.05) is 0 Å². The van der Waals surface area contributed by atoms with Crippen LogP contribution >= 0.6 is 0 Å². The van der Waals surface area contributed by atoms with Gasteiger partial charge in [0.25, 0.3) is 0 Å². The fourth-order valence-corrected chi connectivity index (χ4v) is 6.14. The Hall–Kier alpha value is -3.68. The molecule has 1 nitrogen and oxygen atoms in total. The highest BCUT2D eigenvalue weighted by Gasteiger charge is 2.56. The van der Waals surface area contributed by atoms with Crippen LogP contribution in [0.1, 0.15) is 45.2 Å². The Kier molecular flexibility index (Phi) is 4.25. The number of rotatable bonds is 2. The van der Waals surface area contributed by atoms with Crippen LogP contribution in [0.15, 0.2) is 109 Å². The second-order valence-electron chi connectivity index (χ2n) is 9.22. The lowest BCUT2D eigenvalue weighted by molar-refractivity contribution is 0.110. The van der Waals surface area contributed by atoms with E-state index in [2.05, 4.69) is 121 Å². The highest BCUT2D eigenvalue weighted by molar-refractivity contribution is 5.94. The summed E-state index contributed by atoms with van der Waals surface area (Å²) in [5, 5.41) is 0. The summed E-state index contributed by atoms with van der Waals surface area (Å²) < 4.78 is 7.01. The van der Waals surface area contributed by atoms with Crippen LogP contribution in [0.4, 0.5) is 0 Å². The Balaban J connectivity index is 1.40. The summed E-state index contributed by atoms with van der Waals surface area (Å²) in [4.78, 5) is 0. The summed E-state index contributed by atoms with van der Waals surface area (Å²) in [7, 11) is 0. The summed E-state index contributed by atoms with van der Waals surface area (Å²) in [6.45, 7) is 0. The Labute approximate surface area is 194 Å². The second kappa shape index (κ2) is 7.43. The Morgan fingerprint density at radius 1 is 0.455 bits per heavy atom. The molecule has 3 aliphatic rings. The van der Waals surface area contributed by atoms with Gasteiger partial charge in [-0.25, -0.2) is 0 Å². The summed E-state index contributed by atoms with van der Waals surface area (Å²) >= 11 is 0. The first-order chi connectivity index (χ1) is 16.4. The average molecular weight is 425 g/mol. The molecule has 0 unspecified atom stereocenters. The normalized spacial score (nSPS) is 26.8. The fourth-order valence-electron chi connectivity index (χ4n) is 6.14. The molecule has 0 N–H and O–H groups in total. The highest BCUT2D eigenvalue weighted by atomic mass is 16.5. The molecular formula is C32H24O. The molecule has 1 heterocycles. The monoisotopic (exact) mass is 424 g/mol. The van der Waals surface area contributed by atoms with Gasteiger partial charge in [-0.15, -0.1) is 0 Å². The van der Waals surface area contributed by atoms with Gasteiger partial charge in [-0.05, 0) is 56.7 Å². The highest BCUT2D eigenvalue weighted by Crippen LogP contribution is 2.62. The average Bonchev–Trinajstić information content (AvgIpc) is 3.49. The molecule has 0 bridgehead atoms. The topological polar surface area (TPSA) is 9.23 Å². The number of hydrogen-bond donors (Lipinski definition) is 0. The van der Waals surface area contributed by atoms with Gasteiger partial charge >= 0.3 is 0 Å². The Bertz CT molecular complexity index is 1290. The molecule has 33 heavy (non-hydrogen) atoms. The summed E-state index contributed by atoms with van der Waals surface area (Å²) in [5.41, 5.74) is 10.6. The SMILES string of the molecule is C(=C1\c2ccccc2[C@H]2[C@@H]3c4ccccc4/C(=C\c4ccccc4)[C@H]3O[C@H]12)/c1ccccc1. The third-order valence-corrected chi connectivity index (χ3v) is 7.45. The third-order valence-electron chi connectivity index (χ3n) is 7.45. The molecule has 2 aliphatic carbocycles. The summed E-state index contributed by atoms with van der Waals surface area (Å²) in [5.74, 6) is 0.674. The van der Waals surface area contributed by atoms with Crippen molar-refractivity contribution < 1.29 is 4.74 Å². The number of benzene rings is 4. The van der Waals surface area contributed by atoms with E-state index in [4.69, 9.17) is 4.74 Å². The number of hydrogen-bond acceptors (Lipinski definition) is 1. The summed E-state index contributed by atoms with van der Waals surface area (Å²) in [6.07, 6.45) is 4.81. The van der Waals surface area contributed by atoms with Crippen LogP contribution in [0.25, 0.3) is 23.3 Å². The van der Waals surface area contributed by atoms with E-state index in [0.29, 0.717) is 11.8 Å².